The number of carbonyl (C=O) groups excluding carboxylic acids is 2. The van der Waals surface area contributed by atoms with Crippen LogP contribution in [-0.2, 0) is 20.9 Å². The number of benzene rings is 2. The molecule has 0 fully saturated rings. The lowest BCUT2D eigenvalue weighted by Crippen LogP contribution is -2.08. The SMILES string of the molecule is COC(=O)c1ccccc1SCC(=O)OCc1ccccc1. The van der Waals surface area contributed by atoms with Gasteiger partial charge in [-0.25, -0.2) is 4.79 Å². The molecule has 0 N–H and O–H groups in total. The number of esters is 2. The maximum absolute atomic E-state index is 11.8. The van der Waals surface area contributed by atoms with E-state index in [4.69, 9.17) is 9.47 Å². The average Bonchev–Trinajstić information content (AvgIpc) is 2.58. The standard InChI is InChI=1S/C17H16O4S/c1-20-17(19)14-9-5-6-10-15(14)22-12-16(18)21-11-13-7-3-2-4-8-13/h2-10H,11-12H2,1H3. The fraction of sp³-hybridized carbons (Fsp3) is 0.176. The zero-order valence-corrected chi connectivity index (χ0v) is 13.0. The second-order valence-electron chi connectivity index (χ2n) is 4.42. The van der Waals surface area contributed by atoms with E-state index in [1.807, 2.05) is 36.4 Å². The van der Waals surface area contributed by atoms with Crippen molar-refractivity contribution >= 4 is 23.7 Å². The van der Waals surface area contributed by atoms with Crippen LogP contribution in [0.2, 0.25) is 0 Å². The molecule has 114 valence electrons. The lowest BCUT2D eigenvalue weighted by atomic mass is 10.2. The first kappa shape index (κ1) is 16.1. The zero-order chi connectivity index (χ0) is 15.8. The Bertz CT molecular complexity index is 640. The molecule has 0 saturated carbocycles. The lowest BCUT2D eigenvalue weighted by molar-refractivity contribution is -0.141. The predicted octanol–water partition coefficient (Wildman–Crippen LogP) is 3.31. The van der Waals surface area contributed by atoms with E-state index < -0.39 is 5.97 Å². The maximum Gasteiger partial charge on any atom is 0.338 e. The number of rotatable bonds is 6. The van der Waals surface area contributed by atoms with Crippen LogP contribution < -0.4 is 0 Å². The highest BCUT2D eigenvalue weighted by atomic mass is 32.2. The van der Waals surface area contributed by atoms with Gasteiger partial charge in [-0.05, 0) is 17.7 Å². The summed E-state index contributed by atoms with van der Waals surface area (Å²) in [5, 5.41) is 0. The highest BCUT2D eigenvalue weighted by Gasteiger charge is 2.13. The Morgan fingerprint density at radius 2 is 1.68 bits per heavy atom. The molecular weight excluding hydrogens is 300 g/mol. The number of ether oxygens (including phenoxy) is 2. The van der Waals surface area contributed by atoms with Crippen LogP contribution in [0.25, 0.3) is 0 Å². The number of carbonyl (C=O) groups is 2. The van der Waals surface area contributed by atoms with Gasteiger partial charge in [-0.1, -0.05) is 42.5 Å². The van der Waals surface area contributed by atoms with Gasteiger partial charge in [0, 0.05) is 4.90 Å². The summed E-state index contributed by atoms with van der Waals surface area (Å²) in [7, 11) is 1.33. The fourth-order valence-corrected chi connectivity index (χ4v) is 2.63. The third-order valence-electron chi connectivity index (χ3n) is 2.88. The van der Waals surface area contributed by atoms with E-state index in [1.165, 1.54) is 18.9 Å². The summed E-state index contributed by atoms with van der Waals surface area (Å²) in [5.41, 5.74) is 1.39. The third-order valence-corrected chi connectivity index (χ3v) is 3.93. The summed E-state index contributed by atoms with van der Waals surface area (Å²) in [4.78, 5) is 24.1. The number of methoxy groups -OCH3 is 1. The molecule has 0 aromatic heterocycles. The lowest BCUT2D eigenvalue weighted by Gasteiger charge is -2.08. The van der Waals surface area contributed by atoms with Crippen LogP contribution in [0.3, 0.4) is 0 Å². The maximum atomic E-state index is 11.8. The van der Waals surface area contributed by atoms with E-state index in [2.05, 4.69) is 0 Å². The van der Waals surface area contributed by atoms with Gasteiger partial charge in [0.2, 0.25) is 0 Å². The summed E-state index contributed by atoms with van der Waals surface area (Å²) < 4.78 is 9.92. The first-order valence-corrected chi connectivity index (χ1v) is 7.69. The minimum atomic E-state index is -0.416. The van der Waals surface area contributed by atoms with Crippen LogP contribution >= 0.6 is 11.8 Å². The zero-order valence-electron chi connectivity index (χ0n) is 12.2. The Morgan fingerprint density at radius 1 is 1.00 bits per heavy atom. The second-order valence-corrected chi connectivity index (χ2v) is 5.44. The topological polar surface area (TPSA) is 52.6 Å². The molecular formula is C17H16O4S. The fourth-order valence-electron chi connectivity index (χ4n) is 1.79. The molecule has 0 spiro atoms. The molecule has 22 heavy (non-hydrogen) atoms. The van der Waals surface area contributed by atoms with Crippen LogP contribution in [-0.4, -0.2) is 24.8 Å². The summed E-state index contributed by atoms with van der Waals surface area (Å²) >= 11 is 1.26. The van der Waals surface area contributed by atoms with Crippen LogP contribution in [0.1, 0.15) is 15.9 Å². The van der Waals surface area contributed by atoms with Gasteiger partial charge in [-0.15, -0.1) is 11.8 Å². The summed E-state index contributed by atoms with van der Waals surface area (Å²) in [6.45, 7) is 0.249. The number of hydrogen-bond acceptors (Lipinski definition) is 5. The van der Waals surface area contributed by atoms with Gasteiger partial charge >= 0.3 is 11.9 Å². The van der Waals surface area contributed by atoms with Crippen molar-refractivity contribution in [3.8, 4) is 0 Å². The Kier molecular flexibility index (Phi) is 6.03. The largest absolute Gasteiger partial charge is 0.465 e. The highest BCUT2D eigenvalue weighted by molar-refractivity contribution is 8.00. The van der Waals surface area contributed by atoms with Crippen molar-refractivity contribution in [2.75, 3.05) is 12.9 Å². The van der Waals surface area contributed by atoms with Crippen LogP contribution in [0.4, 0.5) is 0 Å². The predicted molar refractivity (Wildman–Crippen MR) is 84.7 cm³/mol. The molecule has 5 heteroatoms. The van der Waals surface area contributed by atoms with Gasteiger partial charge < -0.3 is 9.47 Å². The Hall–Kier alpha value is -2.27. The summed E-state index contributed by atoms with van der Waals surface area (Å²) in [5.74, 6) is -0.602. The first-order valence-electron chi connectivity index (χ1n) is 6.70. The van der Waals surface area contributed by atoms with Crippen molar-refractivity contribution in [1.82, 2.24) is 0 Å². The van der Waals surface area contributed by atoms with E-state index >= 15 is 0 Å². The molecule has 2 rings (SSSR count). The molecule has 0 heterocycles. The molecule has 2 aromatic rings. The smallest absolute Gasteiger partial charge is 0.338 e. The monoisotopic (exact) mass is 316 g/mol. The molecule has 0 atom stereocenters. The number of thioether (sulfide) groups is 1. The van der Waals surface area contributed by atoms with E-state index in [1.54, 1.807) is 18.2 Å². The average molecular weight is 316 g/mol. The van der Waals surface area contributed by atoms with Crippen LogP contribution in [0.15, 0.2) is 59.5 Å². The molecule has 4 nitrogen and oxygen atoms in total. The second kappa shape index (κ2) is 8.24. The van der Waals surface area contributed by atoms with Gasteiger partial charge in [-0.3, -0.25) is 4.79 Å². The van der Waals surface area contributed by atoms with E-state index in [0.29, 0.717) is 10.5 Å². The van der Waals surface area contributed by atoms with E-state index in [9.17, 15) is 9.59 Å². The van der Waals surface area contributed by atoms with E-state index in [-0.39, 0.29) is 18.3 Å². The molecule has 0 radical (unpaired) electrons. The Balaban J connectivity index is 1.87. The Labute approximate surface area is 133 Å². The van der Waals surface area contributed by atoms with Crippen molar-refractivity contribution < 1.29 is 19.1 Å². The van der Waals surface area contributed by atoms with Crippen molar-refractivity contribution in [2.45, 2.75) is 11.5 Å². The molecule has 0 amide bonds. The highest BCUT2D eigenvalue weighted by Crippen LogP contribution is 2.23. The summed E-state index contributed by atoms with van der Waals surface area (Å²) in [6, 6.07) is 16.5. The van der Waals surface area contributed by atoms with Gasteiger partial charge in [0.1, 0.15) is 6.61 Å². The van der Waals surface area contributed by atoms with Crippen molar-refractivity contribution in [1.29, 1.82) is 0 Å². The minimum absolute atomic E-state index is 0.140. The molecule has 0 aliphatic carbocycles. The molecule has 0 bridgehead atoms. The van der Waals surface area contributed by atoms with Crippen molar-refractivity contribution in [3.05, 3.63) is 65.7 Å². The Morgan fingerprint density at radius 3 is 2.41 bits per heavy atom. The van der Waals surface area contributed by atoms with Gasteiger partial charge in [-0.2, -0.15) is 0 Å². The summed E-state index contributed by atoms with van der Waals surface area (Å²) in [6.07, 6.45) is 0. The first-order chi connectivity index (χ1) is 10.7. The molecule has 0 aliphatic heterocycles. The minimum Gasteiger partial charge on any atom is -0.465 e. The van der Waals surface area contributed by atoms with Crippen molar-refractivity contribution in [3.63, 3.8) is 0 Å². The van der Waals surface area contributed by atoms with Crippen LogP contribution in [0, 0.1) is 0 Å². The third kappa shape index (κ3) is 4.63. The molecule has 0 aliphatic rings. The normalized spacial score (nSPS) is 10.0. The van der Waals surface area contributed by atoms with Gasteiger partial charge in [0.25, 0.3) is 0 Å². The van der Waals surface area contributed by atoms with Gasteiger partial charge in [0.15, 0.2) is 0 Å². The quantitative estimate of drug-likeness (QED) is 0.604. The van der Waals surface area contributed by atoms with Crippen LogP contribution in [0.5, 0.6) is 0 Å². The van der Waals surface area contributed by atoms with Gasteiger partial charge in [0.05, 0.1) is 18.4 Å². The molecule has 0 saturated heterocycles. The van der Waals surface area contributed by atoms with Crippen molar-refractivity contribution in [2.24, 2.45) is 0 Å². The molecule has 0 unspecified atom stereocenters. The van der Waals surface area contributed by atoms with E-state index in [0.717, 1.165) is 5.56 Å². The number of hydrogen-bond donors (Lipinski definition) is 0. The molecule has 2 aromatic carbocycles.